The molecule has 228 valence electrons. The summed E-state index contributed by atoms with van der Waals surface area (Å²) in [4.78, 5) is 0. The lowest BCUT2D eigenvalue weighted by Gasteiger charge is -2.36. The van der Waals surface area contributed by atoms with Gasteiger partial charge in [0.25, 0.3) is 0 Å². The molecule has 2 unspecified atom stereocenters. The Morgan fingerprint density at radius 3 is 1.28 bits per heavy atom. The molecular weight excluding hydrogens is 553 g/mol. The Morgan fingerprint density at radius 1 is 0.413 bits per heavy atom. The second-order valence-corrected chi connectivity index (χ2v) is 13.6. The molecule has 0 aromatic heterocycles. The van der Waals surface area contributed by atoms with Gasteiger partial charge in [-0.15, -0.1) is 0 Å². The minimum Gasteiger partial charge on any atom is -0.0842 e. The summed E-state index contributed by atoms with van der Waals surface area (Å²) in [5, 5.41) is 2.88. The summed E-state index contributed by atoms with van der Waals surface area (Å²) < 4.78 is 0. The van der Waals surface area contributed by atoms with E-state index in [1.165, 1.54) is 86.3 Å². The van der Waals surface area contributed by atoms with Gasteiger partial charge in [-0.25, -0.2) is 0 Å². The smallest absolute Gasteiger partial charge is 0.0134 e. The molecule has 1 aromatic rings. The maximum atomic E-state index is 2.47. The SMILES string of the molecule is C1=CCCC(C2=CC=C(C=CC3=CC=C(C4=c5ccccc5=C(C5=CC=C(C6=CC=CCC6)CC5)C5C=CC=CC45)CC3)CC2)=C1. The van der Waals surface area contributed by atoms with Gasteiger partial charge in [-0.05, 0) is 130 Å². The van der Waals surface area contributed by atoms with Crippen LogP contribution in [0.25, 0.3) is 11.1 Å². The van der Waals surface area contributed by atoms with E-state index in [2.05, 4.69) is 134 Å². The summed E-state index contributed by atoms with van der Waals surface area (Å²) in [6.07, 6.45) is 53.7. The molecule has 7 aliphatic carbocycles. The minimum absolute atomic E-state index is 0.382. The molecule has 0 N–H and O–H groups in total. The van der Waals surface area contributed by atoms with Crippen LogP contribution < -0.4 is 10.4 Å². The summed E-state index contributed by atoms with van der Waals surface area (Å²) in [5.74, 6) is 0.767. The second-order valence-electron chi connectivity index (χ2n) is 13.6. The standard InChI is InChI=1S/C46H44/c1-3-11-35(12-4-1)37-25-21-33(22-26-37)19-20-34-23-27-39(28-24-34)45-41-15-7-9-17-43(41)46(44-18-10-8-16-42(44)45)40-31-29-38(30-32-40)36-13-5-2-6-14-36/h1-3,5,7-11,13,15-21,23,25,27,29,31,41,43H,4,6,12,14,22,24,26,28,30,32H2. The van der Waals surface area contributed by atoms with Gasteiger partial charge in [0, 0.05) is 11.8 Å². The highest BCUT2D eigenvalue weighted by molar-refractivity contribution is 5.81. The number of rotatable bonds is 6. The van der Waals surface area contributed by atoms with Gasteiger partial charge in [0.15, 0.2) is 0 Å². The third-order valence-electron chi connectivity index (χ3n) is 10.9. The number of hydrogen-bond acceptors (Lipinski definition) is 0. The fourth-order valence-electron chi connectivity index (χ4n) is 8.40. The van der Waals surface area contributed by atoms with E-state index in [1.807, 2.05) is 0 Å². The lowest BCUT2D eigenvalue weighted by atomic mass is 9.68. The molecule has 0 fully saturated rings. The van der Waals surface area contributed by atoms with Crippen LogP contribution in [-0.2, 0) is 0 Å². The molecule has 46 heavy (non-hydrogen) atoms. The van der Waals surface area contributed by atoms with Crippen LogP contribution in [0.2, 0.25) is 0 Å². The zero-order chi connectivity index (χ0) is 30.7. The largest absolute Gasteiger partial charge is 0.0842 e. The maximum Gasteiger partial charge on any atom is 0.0134 e. The first-order chi connectivity index (χ1) is 22.8. The Morgan fingerprint density at radius 2 is 0.848 bits per heavy atom. The van der Waals surface area contributed by atoms with Gasteiger partial charge in [-0.2, -0.15) is 0 Å². The van der Waals surface area contributed by atoms with E-state index in [1.54, 1.807) is 5.57 Å². The Kier molecular flexibility index (Phi) is 8.28. The molecule has 1 aromatic carbocycles. The first kappa shape index (κ1) is 29.0. The molecular formula is C46H44. The van der Waals surface area contributed by atoms with Crippen molar-refractivity contribution in [2.45, 2.75) is 64.2 Å². The van der Waals surface area contributed by atoms with E-state index >= 15 is 0 Å². The number of fused-ring (bicyclic) bond motifs is 2. The molecule has 0 heterocycles. The maximum absolute atomic E-state index is 2.47. The average Bonchev–Trinajstić information content (AvgIpc) is 3.14. The highest BCUT2D eigenvalue weighted by Gasteiger charge is 2.33. The topological polar surface area (TPSA) is 0 Å². The fourth-order valence-corrected chi connectivity index (χ4v) is 8.40. The predicted molar refractivity (Wildman–Crippen MR) is 196 cm³/mol. The van der Waals surface area contributed by atoms with Gasteiger partial charge < -0.3 is 0 Å². The van der Waals surface area contributed by atoms with Crippen molar-refractivity contribution < 1.29 is 0 Å². The molecule has 0 bridgehead atoms. The van der Waals surface area contributed by atoms with E-state index in [-0.39, 0.29) is 0 Å². The van der Waals surface area contributed by atoms with E-state index in [9.17, 15) is 0 Å². The number of allylic oxidation sites excluding steroid dienone is 26. The highest BCUT2D eigenvalue weighted by atomic mass is 14.4. The van der Waals surface area contributed by atoms with Crippen LogP contribution in [0.1, 0.15) is 64.2 Å². The molecule has 2 atom stereocenters. The average molecular weight is 597 g/mol. The van der Waals surface area contributed by atoms with Crippen molar-refractivity contribution in [2.24, 2.45) is 11.8 Å². The first-order valence-corrected chi connectivity index (χ1v) is 17.6. The molecule has 0 aliphatic heterocycles. The predicted octanol–water partition coefficient (Wildman–Crippen LogP) is 10.4. The molecule has 0 saturated carbocycles. The van der Waals surface area contributed by atoms with Gasteiger partial charge in [-0.3, -0.25) is 0 Å². The van der Waals surface area contributed by atoms with Gasteiger partial charge in [-0.1, -0.05) is 134 Å². The lowest BCUT2D eigenvalue weighted by molar-refractivity contribution is 0.671. The number of hydrogen-bond donors (Lipinski definition) is 0. The molecule has 0 heteroatoms. The zero-order valence-corrected chi connectivity index (χ0v) is 26.9. The van der Waals surface area contributed by atoms with Crippen molar-refractivity contribution in [3.63, 3.8) is 0 Å². The van der Waals surface area contributed by atoms with Crippen LogP contribution in [0.5, 0.6) is 0 Å². The lowest BCUT2D eigenvalue weighted by Crippen LogP contribution is -2.40. The molecule has 0 spiro atoms. The van der Waals surface area contributed by atoms with E-state index < -0.39 is 0 Å². The summed E-state index contributed by atoms with van der Waals surface area (Å²) >= 11 is 0. The monoisotopic (exact) mass is 596 g/mol. The van der Waals surface area contributed by atoms with Crippen molar-refractivity contribution in [3.8, 4) is 0 Å². The Hall–Kier alpha value is -4.42. The molecule has 0 saturated heterocycles. The number of benzene rings is 1. The van der Waals surface area contributed by atoms with Gasteiger partial charge in [0.05, 0.1) is 0 Å². The molecule has 8 rings (SSSR count). The van der Waals surface area contributed by atoms with Gasteiger partial charge >= 0.3 is 0 Å². The van der Waals surface area contributed by atoms with Crippen LogP contribution in [0.3, 0.4) is 0 Å². The Bertz CT molecular complexity index is 1970. The van der Waals surface area contributed by atoms with E-state index in [4.69, 9.17) is 0 Å². The van der Waals surface area contributed by atoms with E-state index in [0.717, 1.165) is 38.5 Å². The van der Waals surface area contributed by atoms with Crippen LogP contribution in [0.15, 0.2) is 178 Å². The van der Waals surface area contributed by atoms with Gasteiger partial charge in [0.1, 0.15) is 0 Å². The third-order valence-corrected chi connectivity index (χ3v) is 10.9. The summed E-state index contributed by atoms with van der Waals surface area (Å²) in [5.41, 5.74) is 15.1. The normalized spacial score (nSPS) is 25.5. The molecule has 0 nitrogen and oxygen atoms in total. The van der Waals surface area contributed by atoms with Crippen LogP contribution in [0, 0.1) is 11.8 Å². The van der Waals surface area contributed by atoms with Gasteiger partial charge in [0.2, 0.25) is 0 Å². The van der Waals surface area contributed by atoms with Crippen molar-refractivity contribution in [2.75, 3.05) is 0 Å². The van der Waals surface area contributed by atoms with Crippen LogP contribution >= 0.6 is 0 Å². The summed E-state index contributed by atoms with van der Waals surface area (Å²) in [6.45, 7) is 0. The first-order valence-electron chi connectivity index (χ1n) is 17.6. The Balaban J connectivity index is 1.11. The van der Waals surface area contributed by atoms with E-state index in [0.29, 0.717) is 11.8 Å². The third kappa shape index (κ3) is 5.82. The van der Waals surface area contributed by atoms with Crippen LogP contribution in [-0.4, -0.2) is 0 Å². The Labute approximate surface area is 275 Å². The summed E-state index contributed by atoms with van der Waals surface area (Å²) in [6, 6.07) is 9.24. The van der Waals surface area contributed by atoms with Crippen molar-refractivity contribution in [3.05, 3.63) is 189 Å². The summed E-state index contributed by atoms with van der Waals surface area (Å²) in [7, 11) is 0. The fraction of sp³-hybridized carbons (Fsp3) is 0.261. The second kappa shape index (κ2) is 13.1. The molecule has 7 aliphatic rings. The zero-order valence-electron chi connectivity index (χ0n) is 26.9. The van der Waals surface area contributed by atoms with Crippen molar-refractivity contribution in [1.82, 2.24) is 0 Å². The van der Waals surface area contributed by atoms with Crippen molar-refractivity contribution in [1.29, 1.82) is 0 Å². The van der Waals surface area contributed by atoms with Crippen LogP contribution in [0.4, 0.5) is 0 Å². The quantitative estimate of drug-likeness (QED) is 0.306. The van der Waals surface area contributed by atoms with Crippen molar-refractivity contribution >= 4 is 11.1 Å². The minimum atomic E-state index is 0.382. The highest BCUT2D eigenvalue weighted by Crippen LogP contribution is 2.44. The molecule has 0 amide bonds. The molecule has 0 radical (unpaired) electrons.